The number of nitrogens with zero attached hydrogens (tertiary/aromatic N) is 1. The van der Waals surface area contributed by atoms with Gasteiger partial charge in [0.05, 0.1) is 5.56 Å². The van der Waals surface area contributed by atoms with Crippen molar-refractivity contribution in [3.05, 3.63) is 71.7 Å². The van der Waals surface area contributed by atoms with Gasteiger partial charge in [-0.15, -0.1) is 0 Å². The lowest BCUT2D eigenvalue weighted by atomic mass is 10.1. The fourth-order valence-corrected chi connectivity index (χ4v) is 2.43. The second-order valence-electron chi connectivity index (χ2n) is 5.54. The molecule has 5 nitrogen and oxygen atoms in total. The number of nitrogens with one attached hydrogen (secondary N) is 1. The minimum atomic E-state index is -0.666. The van der Waals surface area contributed by atoms with E-state index in [0.29, 0.717) is 5.69 Å². The number of anilines is 1. The van der Waals surface area contributed by atoms with Crippen LogP contribution in [-0.2, 0) is 4.74 Å². The maximum absolute atomic E-state index is 14.0. The number of hydrogen-bond donors (Lipinski definition) is 1. The standard InChI is InChI=1S/C19H17FN2O3/c1-12-17(18(25-22-12)15-10-6-7-11-16(15)20)21-19(23)24-13(2)14-8-4-3-5-9-14/h3-11,13H,1-2H3,(H,21,23). The van der Waals surface area contributed by atoms with Crippen molar-refractivity contribution in [2.75, 3.05) is 5.32 Å². The Morgan fingerprint density at radius 2 is 1.84 bits per heavy atom. The lowest BCUT2D eigenvalue weighted by molar-refractivity contribution is 0.121. The first kappa shape index (κ1) is 16.7. The van der Waals surface area contributed by atoms with Gasteiger partial charge in [0.2, 0.25) is 0 Å². The zero-order valence-corrected chi connectivity index (χ0v) is 13.8. The molecule has 1 amide bonds. The number of aromatic nitrogens is 1. The Labute approximate surface area is 144 Å². The van der Waals surface area contributed by atoms with E-state index in [1.165, 1.54) is 6.07 Å². The summed E-state index contributed by atoms with van der Waals surface area (Å²) < 4.78 is 24.6. The van der Waals surface area contributed by atoms with Crippen molar-refractivity contribution in [1.82, 2.24) is 5.16 Å². The summed E-state index contributed by atoms with van der Waals surface area (Å²) in [5.74, 6) is -0.312. The molecule has 1 N–H and O–H groups in total. The molecule has 0 aliphatic carbocycles. The number of carbonyl (C=O) groups is 1. The largest absolute Gasteiger partial charge is 0.441 e. The number of hydrogen-bond acceptors (Lipinski definition) is 4. The van der Waals surface area contributed by atoms with Crippen molar-refractivity contribution in [2.45, 2.75) is 20.0 Å². The Hall–Kier alpha value is -3.15. The fraction of sp³-hybridized carbons (Fsp3) is 0.158. The molecule has 6 heteroatoms. The van der Waals surface area contributed by atoms with Crippen molar-refractivity contribution in [3.8, 4) is 11.3 Å². The van der Waals surface area contributed by atoms with Crippen molar-refractivity contribution in [1.29, 1.82) is 0 Å². The first-order valence-corrected chi connectivity index (χ1v) is 7.80. The van der Waals surface area contributed by atoms with E-state index in [1.807, 2.05) is 30.3 Å². The molecular formula is C19H17FN2O3. The highest BCUT2D eigenvalue weighted by molar-refractivity contribution is 5.90. The molecule has 1 heterocycles. The van der Waals surface area contributed by atoms with Crippen LogP contribution >= 0.6 is 0 Å². The summed E-state index contributed by atoms with van der Waals surface area (Å²) in [7, 11) is 0. The maximum atomic E-state index is 14.0. The minimum Gasteiger partial charge on any atom is -0.441 e. The molecular weight excluding hydrogens is 323 g/mol. The average Bonchev–Trinajstić information content (AvgIpc) is 2.96. The molecule has 0 bridgehead atoms. The first-order valence-electron chi connectivity index (χ1n) is 7.80. The molecule has 128 valence electrons. The van der Waals surface area contributed by atoms with Crippen molar-refractivity contribution < 1.29 is 18.4 Å². The molecule has 0 spiro atoms. The Bertz CT molecular complexity index is 877. The summed E-state index contributed by atoms with van der Waals surface area (Å²) in [5.41, 5.74) is 1.81. The van der Waals surface area contributed by atoms with Crippen LogP contribution in [0.15, 0.2) is 59.1 Å². The van der Waals surface area contributed by atoms with Gasteiger partial charge in [-0.3, -0.25) is 5.32 Å². The Balaban J connectivity index is 1.78. The fourth-order valence-electron chi connectivity index (χ4n) is 2.43. The molecule has 1 aromatic heterocycles. The molecule has 0 aliphatic rings. The van der Waals surface area contributed by atoms with Gasteiger partial charge in [0.15, 0.2) is 5.76 Å². The van der Waals surface area contributed by atoms with Crippen LogP contribution in [0.2, 0.25) is 0 Å². The Morgan fingerprint density at radius 3 is 2.56 bits per heavy atom. The van der Waals surface area contributed by atoms with Crippen LogP contribution in [-0.4, -0.2) is 11.2 Å². The van der Waals surface area contributed by atoms with Crippen LogP contribution in [0.5, 0.6) is 0 Å². The number of ether oxygens (including phenoxy) is 1. The van der Waals surface area contributed by atoms with Gasteiger partial charge in [-0.05, 0) is 31.5 Å². The zero-order valence-electron chi connectivity index (χ0n) is 13.8. The first-order chi connectivity index (χ1) is 12.1. The van der Waals surface area contributed by atoms with Gasteiger partial charge < -0.3 is 9.26 Å². The minimum absolute atomic E-state index is 0.153. The van der Waals surface area contributed by atoms with Crippen molar-refractivity contribution >= 4 is 11.8 Å². The molecule has 2 aromatic carbocycles. The van der Waals surface area contributed by atoms with E-state index in [4.69, 9.17) is 9.26 Å². The van der Waals surface area contributed by atoms with Crippen LogP contribution in [0.1, 0.15) is 24.3 Å². The monoisotopic (exact) mass is 340 g/mol. The number of carbonyl (C=O) groups excluding carboxylic acids is 1. The lowest BCUT2D eigenvalue weighted by Gasteiger charge is -2.14. The van der Waals surface area contributed by atoms with E-state index in [0.717, 1.165) is 5.56 Å². The van der Waals surface area contributed by atoms with Crippen molar-refractivity contribution in [3.63, 3.8) is 0 Å². The summed E-state index contributed by atoms with van der Waals surface area (Å²) in [4.78, 5) is 12.2. The van der Waals surface area contributed by atoms with Gasteiger partial charge >= 0.3 is 6.09 Å². The van der Waals surface area contributed by atoms with Gasteiger partial charge in [0.25, 0.3) is 0 Å². The number of amides is 1. The van der Waals surface area contributed by atoms with Crippen LogP contribution < -0.4 is 5.32 Å². The van der Waals surface area contributed by atoms with E-state index >= 15 is 0 Å². The van der Waals surface area contributed by atoms with E-state index in [-0.39, 0.29) is 17.0 Å². The van der Waals surface area contributed by atoms with E-state index < -0.39 is 18.0 Å². The molecule has 0 radical (unpaired) electrons. The molecule has 0 fully saturated rings. The highest BCUT2D eigenvalue weighted by Crippen LogP contribution is 2.32. The van der Waals surface area contributed by atoms with Gasteiger partial charge in [0, 0.05) is 0 Å². The van der Waals surface area contributed by atoms with Gasteiger partial charge in [-0.25, -0.2) is 9.18 Å². The molecule has 3 aromatic rings. The number of rotatable bonds is 4. The second kappa shape index (κ2) is 7.17. The normalized spacial score (nSPS) is 11.8. The molecule has 0 saturated heterocycles. The maximum Gasteiger partial charge on any atom is 0.412 e. The van der Waals surface area contributed by atoms with Gasteiger partial charge in [0.1, 0.15) is 23.3 Å². The third kappa shape index (κ3) is 3.68. The predicted octanol–water partition coefficient (Wildman–Crippen LogP) is 5.10. The third-order valence-corrected chi connectivity index (χ3v) is 3.76. The molecule has 3 rings (SSSR count). The topological polar surface area (TPSA) is 64.4 Å². The number of halogens is 1. The quantitative estimate of drug-likeness (QED) is 0.718. The van der Waals surface area contributed by atoms with Gasteiger partial charge in [-0.1, -0.05) is 47.6 Å². The average molecular weight is 340 g/mol. The van der Waals surface area contributed by atoms with Crippen molar-refractivity contribution in [2.24, 2.45) is 0 Å². The van der Waals surface area contributed by atoms with Crippen LogP contribution in [0.3, 0.4) is 0 Å². The number of aryl methyl sites for hydroxylation is 1. The summed E-state index contributed by atoms with van der Waals surface area (Å²) in [5, 5.41) is 6.41. The van der Waals surface area contributed by atoms with Gasteiger partial charge in [-0.2, -0.15) is 0 Å². The Kier molecular flexibility index (Phi) is 4.79. The van der Waals surface area contributed by atoms with Crippen LogP contribution in [0.4, 0.5) is 14.9 Å². The summed E-state index contributed by atoms with van der Waals surface area (Å²) in [6.45, 7) is 3.43. The molecule has 1 atom stereocenters. The Morgan fingerprint density at radius 1 is 1.16 bits per heavy atom. The highest BCUT2D eigenvalue weighted by Gasteiger charge is 2.21. The number of benzene rings is 2. The second-order valence-corrected chi connectivity index (χ2v) is 5.54. The van der Waals surface area contributed by atoms with E-state index in [1.54, 1.807) is 32.0 Å². The smallest absolute Gasteiger partial charge is 0.412 e. The predicted molar refractivity (Wildman–Crippen MR) is 91.6 cm³/mol. The molecule has 1 unspecified atom stereocenters. The van der Waals surface area contributed by atoms with Crippen LogP contribution in [0.25, 0.3) is 11.3 Å². The molecule has 0 saturated carbocycles. The summed E-state index contributed by atoms with van der Waals surface area (Å²) in [6.07, 6.45) is -1.10. The summed E-state index contributed by atoms with van der Waals surface area (Å²) >= 11 is 0. The SMILES string of the molecule is Cc1noc(-c2ccccc2F)c1NC(=O)OC(C)c1ccccc1. The molecule has 0 aliphatic heterocycles. The molecule has 25 heavy (non-hydrogen) atoms. The third-order valence-electron chi connectivity index (χ3n) is 3.76. The lowest BCUT2D eigenvalue weighted by Crippen LogP contribution is -2.16. The summed E-state index contributed by atoms with van der Waals surface area (Å²) in [6, 6.07) is 15.5. The highest BCUT2D eigenvalue weighted by atomic mass is 19.1. The van der Waals surface area contributed by atoms with E-state index in [9.17, 15) is 9.18 Å². The zero-order chi connectivity index (χ0) is 17.8. The van der Waals surface area contributed by atoms with Crippen LogP contribution in [0, 0.1) is 12.7 Å². The van der Waals surface area contributed by atoms with E-state index in [2.05, 4.69) is 10.5 Å².